The van der Waals surface area contributed by atoms with Gasteiger partial charge in [0.2, 0.25) is 0 Å². The molecule has 0 unspecified atom stereocenters. The number of hydrogen-bond donors (Lipinski definition) is 1. The van der Waals surface area contributed by atoms with Gasteiger partial charge in [-0.15, -0.1) is 5.10 Å². The highest BCUT2D eigenvalue weighted by Crippen LogP contribution is 2.38. The van der Waals surface area contributed by atoms with Gasteiger partial charge in [0.15, 0.2) is 0 Å². The molecule has 0 atom stereocenters. The average molecular weight is 544 g/mol. The summed E-state index contributed by atoms with van der Waals surface area (Å²) >= 11 is 2.16. The molecule has 1 aliphatic rings. The number of nitrogens with one attached hydrogen (secondary N) is 1. The van der Waals surface area contributed by atoms with E-state index >= 15 is 0 Å². The number of aromatic nitrogens is 3. The van der Waals surface area contributed by atoms with Crippen LogP contribution in [0, 0.1) is 5.82 Å². The van der Waals surface area contributed by atoms with E-state index in [-0.39, 0.29) is 23.5 Å². The van der Waals surface area contributed by atoms with E-state index in [1.54, 1.807) is 6.07 Å². The molecule has 0 spiro atoms. The van der Waals surface area contributed by atoms with Crippen molar-refractivity contribution in [1.29, 1.82) is 0 Å². The molecule has 30 heavy (non-hydrogen) atoms. The van der Waals surface area contributed by atoms with E-state index < -0.39 is 24.1 Å². The molecule has 3 aromatic rings. The van der Waals surface area contributed by atoms with Gasteiger partial charge >= 0.3 is 13.1 Å². The first kappa shape index (κ1) is 21.9. The molecule has 0 radical (unpaired) electrons. The highest BCUT2D eigenvalue weighted by molar-refractivity contribution is 14.2. The molecule has 11 heteroatoms. The topological polar surface area (TPSA) is 74.3 Å². The molecule has 0 saturated carbocycles. The Labute approximate surface area is 191 Å². The number of anilines is 1. The second kappa shape index (κ2) is 7.68. The molecule has 7 nitrogen and oxygen atoms in total. The normalized spacial score (nSPS) is 18.0. The van der Waals surface area contributed by atoms with Crippen LogP contribution < -0.4 is 10.8 Å². The van der Waals surface area contributed by atoms with Gasteiger partial charge in [0, 0.05) is 53.4 Å². The number of fused-ring (bicyclic) bond motifs is 1. The molecule has 0 aliphatic carbocycles. The van der Waals surface area contributed by atoms with Gasteiger partial charge in [0.05, 0.1) is 22.3 Å². The molecule has 1 saturated heterocycles. The van der Waals surface area contributed by atoms with Gasteiger partial charge in [-0.3, -0.25) is 3.97 Å². The van der Waals surface area contributed by atoms with Crippen molar-refractivity contribution in [1.82, 2.24) is 14.2 Å². The van der Waals surface area contributed by atoms with Crippen LogP contribution in [0.1, 0.15) is 41.5 Å². The Hall–Kier alpha value is -1.31. The maximum Gasteiger partial charge on any atom is 0.497 e. The molecule has 1 fully saturated rings. The van der Waals surface area contributed by atoms with Gasteiger partial charge in [-0.2, -0.15) is 0 Å². The van der Waals surface area contributed by atoms with Crippen molar-refractivity contribution < 1.29 is 18.1 Å². The Morgan fingerprint density at radius 1 is 1.17 bits per heavy atom. The lowest BCUT2D eigenvalue weighted by molar-refractivity contribution is 0.00578. The molecule has 1 N–H and O–H groups in total. The Morgan fingerprint density at radius 3 is 2.43 bits per heavy atom. The summed E-state index contributed by atoms with van der Waals surface area (Å²) in [6, 6.07) is 3.58. The van der Waals surface area contributed by atoms with Crippen LogP contribution >= 0.6 is 30.3 Å². The Kier molecular flexibility index (Phi) is 5.61. The average Bonchev–Trinajstić information content (AvgIpc) is 3.28. The summed E-state index contributed by atoms with van der Waals surface area (Å²) < 4.78 is 35.0. The molecule has 2 aromatic heterocycles. The summed E-state index contributed by atoms with van der Waals surface area (Å²) in [7, 11) is 0.878. The van der Waals surface area contributed by atoms with E-state index in [2.05, 4.69) is 36.7 Å². The fraction of sp³-hybridized carbons (Fsp3) is 0.474. The molecule has 160 valence electrons. The number of benzene rings is 1. The molecule has 0 amide bonds. The Bertz CT molecular complexity index is 1090. The minimum Gasteiger partial charge on any atom is -0.403 e. The van der Waals surface area contributed by atoms with Crippen LogP contribution in [0.2, 0.25) is 0 Å². The van der Waals surface area contributed by atoms with Crippen LogP contribution in [0.25, 0.3) is 22.4 Å². The van der Waals surface area contributed by atoms with E-state index in [4.69, 9.17) is 13.7 Å². The van der Waals surface area contributed by atoms with Crippen LogP contribution in [0.4, 0.5) is 10.4 Å². The van der Waals surface area contributed by atoms with E-state index in [0.29, 0.717) is 0 Å². The van der Waals surface area contributed by atoms with Crippen LogP contribution in [0.5, 0.6) is 0 Å². The lowest BCUT2D eigenvalue weighted by Crippen LogP contribution is -2.41. The van der Waals surface area contributed by atoms with Crippen molar-refractivity contribution in [2.45, 2.75) is 58.8 Å². The van der Waals surface area contributed by atoms with Gasteiger partial charge in [-0.1, -0.05) is 5.10 Å². The predicted octanol–water partition coefficient (Wildman–Crippen LogP) is 4.80. The molecule has 4 rings (SSSR count). The minimum absolute atomic E-state index is 0.118. The van der Waals surface area contributed by atoms with Gasteiger partial charge < -0.3 is 19.0 Å². The van der Waals surface area contributed by atoms with E-state index in [9.17, 15) is 4.39 Å². The van der Waals surface area contributed by atoms with E-state index in [0.717, 1.165) is 16.4 Å². The first-order valence-corrected chi connectivity index (χ1v) is 12.9. The van der Waals surface area contributed by atoms with Gasteiger partial charge in [-0.05, 0) is 53.7 Å². The quantitative estimate of drug-likeness (QED) is 0.366. The monoisotopic (exact) mass is 544 g/mol. The predicted molar refractivity (Wildman–Crippen MR) is 127 cm³/mol. The zero-order chi connectivity index (χ0) is 21.8. The first-order chi connectivity index (χ1) is 14.0. The Morgan fingerprint density at radius 2 is 1.83 bits per heavy atom. The molecule has 0 bridgehead atoms. The second-order valence-electron chi connectivity index (χ2n) is 8.63. The largest absolute Gasteiger partial charge is 0.497 e. The standard InChI is InChI=1S/C19H23BFIN4O3S/c1-10(2)23-17-25-24-16(27-17)12-7-11-13(9-26(30-22)15(11)8-14(12)21)20-28-18(3,4)19(5,6)29-20/h7-10H,1-6H3,(H,23,25). The number of nitrogens with zero attached hydrogens (tertiary/aromatic N) is 3. The summed E-state index contributed by atoms with van der Waals surface area (Å²) in [6.07, 6.45) is 1.92. The molecular formula is C19H23BFIN4O3S. The van der Waals surface area contributed by atoms with Crippen LogP contribution in [-0.4, -0.2) is 38.5 Å². The van der Waals surface area contributed by atoms with Crippen molar-refractivity contribution in [2.24, 2.45) is 0 Å². The second-order valence-corrected chi connectivity index (χ2v) is 10.3. The van der Waals surface area contributed by atoms with Crippen molar-refractivity contribution in [3.8, 4) is 11.5 Å². The number of hydrogen-bond acceptors (Lipinski definition) is 7. The highest BCUT2D eigenvalue weighted by Gasteiger charge is 2.52. The summed E-state index contributed by atoms with van der Waals surface area (Å²) in [5, 5.41) is 11.8. The molecular weight excluding hydrogens is 521 g/mol. The minimum atomic E-state index is -0.568. The van der Waals surface area contributed by atoms with E-state index in [1.165, 1.54) is 15.2 Å². The first-order valence-electron chi connectivity index (χ1n) is 9.62. The fourth-order valence-electron chi connectivity index (χ4n) is 3.26. The maximum absolute atomic E-state index is 15.0. The summed E-state index contributed by atoms with van der Waals surface area (Å²) in [5.74, 6) is -0.320. The molecule has 1 aliphatic heterocycles. The molecule has 3 heterocycles. The summed E-state index contributed by atoms with van der Waals surface area (Å²) in [6.45, 7) is 11.9. The zero-order valence-electron chi connectivity index (χ0n) is 17.6. The van der Waals surface area contributed by atoms with E-state index in [1.807, 2.05) is 51.7 Å². The van der Waals surface area contributed by atoms with Crippen molar-refractivity contribution >= 4 is 59.8 Å². The third-order valence-corrected chi connectivity index (χ3v) is 7.26. The number of rotatable bonds is 5. The van der Waals surface area contributed by atoms with Crippen molar-refractivity contribution in [3.05, 3.63) is 24.1 Å². The van der Waals surface area contributed by atoms with Gasteiger partial charge in [0.25, 0.3) is 5.89 Å². The fourth-order valence-corrected chi connectivity index (χ4v) is 4.61. The third-order valence-electron chi connectivity index (χ3n) is 5.54. The van der Waals surface area contributed by atoms with Crippen LogP contribution in [0.3, 0.4) is 0 Å². The highest BCUT2D eigenvalue weighted by atomic mass is 127. The zero-order valence-corrected chi connectivity index (χ0v) is 20.6. The SMILES string of the molecule is CC(C)Nc1nnc(-c2cc3c(B4OC(C)(C)C(C)(C)O4)cn(SI)c3cc2F)o1. The van der Waals surface area contributed by atoms with Crippen LogP contribution in [0.15, 0.2) is 22.7 Å². The lowest BCUT2D eigenvalue weighted by atomic mass is 9.78. The van der Waals surface area contributed by atoms with Crippen molar-refractivity contribution in [3.63, 3.8) is 0 Å². The van der Waals surface area contributed by atoms with Crippen molar-refractivity contribution in [2.75, 3.05) is 5.32 Å². The Balaban J connectivity index is 1.81. The summed E-state index contributed by atoms with van der Waals surface area (Å²) in [5.41, 5.74) is 0.836. The van der Waals surface area contributed by atoms with Gasteiger partial charge in [-0.25, -0.2) is 4.39 Å². The maximum atomic E-state index is 15.0. The third kappa shape index (κ3) is 3.73. The van der Waals surface area contributed by atoms with Gasteiger partial charge in [0.1, 0.15) is 5.82 Å². The smallest absolute Gasteiger partial charge is 0.403 e. The van der Waals surface area contributed by atoms with Crippen LogP contribution in [-0.2, 0) is 9.31 Å². The number of halogens is 2. The summed E-state index contributed by atoms with van der Waals surface area (Å²) in [4.78, 5) is 0. The molecule has 1 aromatic carbocycles. The lowest BCUT2D eigenvalue weighted by Gasteiger charge is -2.32.